The topological polar surface area (TPSA) is 55.8 Å². The monoisotopic (exact) mass is 377 g/mol. The van der Waals surface area contributed by atoms with E-state index in [9.17, 15) is 14.0 Å². The quantitative estimate of drug-likeness (QED) is 0.721. The fraction of sp³-hybridized carbons (Fsp3) is 0.619. The molecule has 0 aliphatic carbocycles. The van der Waals surface area contributed by atoms with Gasteiger partial charge in [-0.3, -0.25) is 4.79 Å². The lowest BCUT2D eigenvalue weighted by molar-refractivity contribution is 0.00250. The van der Waals surface area contributed by atoms with Crippen LogP contribution in [0.2, 0.25) is 0 Å². The van der Waals surface area contributed by atoms with Crippen molar-refractivity contribution in [3.8, 4) is 5.75 Å². The van der Waals surface area contributed by atoms with Crippen LogP contribution in [0.15, 0.2) is 18.2 Å². The molecule has 2 saturated heterocycles. The van der Waals surface area contributed by atoms with Gasteiger partial charge in [-0.25, -0.2) is 9.18 Å². The number of ether oxygens (including phenoxy) is 2. The summed E-state index contributed by atoms with van der Waals surface area (Å²) in [6.45, 7) is 7.80. The summed E-state index contributed by atoms with van der Waals surface area (Å²) >= 11 is 0. The number of nitrogens with zero attached hydrogens (tertiary/aromatic N) is 1. The molecule has 1 aromatic carbocycles. The highest BCUT2D eigenvalue weighted by Crippen LogP contribution is 2.41. The van der Waals surface area contributed by atoms with Crippen LogP contribution in [0.4, 0.5) is 9.18 Å². The van der Waals surface area contributed by atoms with E-state index in [2.05, 4.69) is 0 Å². The van der Waals surface area contributed by atoms with Gasteiger partial charge < -0.3 is 14.4 Å². The van der Waals surface area contributed by atoms with E-state index in [1.54, 1.807) is 11.0 Å². The first-order valence-corrected chi connectivity index (χ1v) is 9.67. The molecule has 0 N–H and O–H groups in total. The second-order valence-electron chi connectivity index (χ2n) is 8.38. The predicted molar refractivity (Wildman–Crippen MR) is 99.5 cm³/mol. The van der Waals surface area contributed by atoms with Gasteiger partial charge in [0, 0.05) is 24.1 Å². The van der Waals surface area contributed by atoms with Crippen LogP contribution in [0.1, 0.15) is 63.7 Å². The largest absolute Gasteiger partial charge is 0.494 e. The minimum Gasteiger partial charge on any atom is -0.494 e. The van der Waals surface area contributed by atoms with Crippen LogP contribution in [-0.2, 0) is 4.74 Å². The number of halogens is 1. The number of hydrogen-bond donors (Lipinski definition) is 0. The molecule has 2 unspecified atom stereocenters. The van der Waals surface area contributed by atoms with Gasteiger partial charge in [-0.2, -0.15) is 0 Å². The number of piperidine rings is 1. The normalized spacial score (nSPS) is 24.6. The second kappa shape index (κ2) is 7.49. The van der Waals surface area contributed by atoms with E-state index in [1.165, 1.54) is 12.1 Å². The van der Waals surface area contributed by atoms with E-state index in [4.69, 9.17) is 9.47 Å². The number of rotatable bonds is 4. The van der Waals surface area contributed by atoms with Gasteiger partial charge in [0.15, 0.2) is 5.78 Å². The number of Topliss-reactive ketones (excluding diaryl/α,β-unsaturated/α-hetero) is 1. The standard InChI is InChI=1S/C21H28FNO4/c1-5-26-16-8-9-17(18(22)12-16)19(24)13-10-14-6-7-15(11-13)23(14)20(25)27-21(2,3)4/h8-9,12-15H,5-7,10-11H2,1-4H3. The van der Waals surface area contributed by atoms with Gasteiger partial charge >= 0.3 is 6.09 Å². The SMILES string of the molecule is CCOc1ccc(C(=O)C2CC3CCC(C2)N3C(=O)OC(C)(C)C)c(F)c1. The van der Waals surface area contributed by atoms with Crippen molar-refractivity contribution >= 4 is 11.9 Å². The third kappa shape index (κ3) is 4.25. The summed E-state index contributed by atoms with van der Waals surface area (Å²) in [5.41, 5.74) is -0.442. The molecule has 3 rings (SSSR count). The zero-order valence-corrected chi connectivity index (χ0v) is 16.5. The number of amides is 1. The average molecular weight is 377 g/mol. The van der Waals surface area contributed by atoms with Gasteiger partial charge in [-0.05, 0) is 65.5 Å². The van der Waals surface area contributed by atoms with Crippen LogP contribution < -0.4 is 4.74 Å². The second-order valence-corrected chi connectivity index (χ2v) is 8.38. The maximum atomic E-state index is 14.4. The van der Waals surface area contributed by atoms with E-state index in [-0.39, 0.29) is 35.4 Å². The summed E-state index contributed by atoms with van der Waals surface area (Å²) in [5, 5.41) is 0. The number of carbonyl (C=O) groups is 2. The van der Waals surface area contributed by atoms with E-state index >= 15 is 0 Å². The maximum Gasteiger partial charge on any atom is 0.410 e. The van der Waals surface area contributed by atoms with E-state index < -0.39 is 11.4 Å². The first kappa shape index (κ1) is 19.6. The predicted octanol–water partition coefficient (Wildman–Crippen LogP) is 4.59. The average Bonchev–Trinajstić information content (AvgIpc) is 2.83. The van der Waals surface area contributed by atoms with Crippen molar-refractivity contribution in [3.63, 3.8) is 0 Å². The molecule has 27 heavy (non-hydrogen) atoms. The van der Waals surface area contributed by atoms with Crippen LogP contribution in [0.3, 0.4) is 0 Å². The molecule has 2 aliphatic rings. The highest BCUT2D eigenvalue weighted by atomic mass is 19.1. The zero-order valence-electron chi connectivity index (χ0n) is 16.5. The summed E-state index contributed by atoms with van der Waals surface area (Å²) in [4.78, 5) is 27.2. The maximum absolute atomic E-state index is 14.4. The van der Waals surface area contributed by atoms with Crippen molar-refractivity contribution in [2.45, 2.75) is 71.1 Å². The Balaban J connectivity index is 1.71. The molecule has 0 saturated carbocycles. The number of benzene rings is 1. The minimum atomic E-state index is -0.548. The summed E-state index contributed by atoms with van der Waals surface area (Å²) in [7, 11) is 0. The summed E-state index contributed by atoms with van der Waals surface area (Å²) in [6.07, 6.45) is 2.52. The van der Waals surface area contributed by atoms with Crippen molar-refractivity contribution in [3.05, 3.63) is 29.6 Å². The lowest BCUT2D eigenvalue weighted by Gasteiger charge is -2.39. The first-order valence-electron chi connectivity index (χ1n) is 9.67. The van der Waals surface area contributed by atoms with Crippen LogP contribution >= 0.6 is 0 Å². The molecule has 0 aromatic heterocycles. The van der Waals surface area contributed by atoms with E-state index in [1.807, 2.05) is 27.7 Å². The lowest BCUT2D eigenvalue weighted by atomic mass is 9.84. The number of ketones is 1. The molecule has 6 heteroatoms. The van der Waals surface area contributed by atoms with Crippen molar-refractivity contribution in [2.75, 3.05) is 6.61 Å². The zero-order chi connectivity index (χ0) is 19.8. The van der Waals surface area contributed by atoms with Crippen LogP contribution in [0.25, 0.3) is 0 Å². The fourth-order valence-electron chi connectivity index (χ4n) is 4.18. The minimum absolute atomic E-state index is 0.0155. The molecule has 2 fully saturated rings. The van der Waals surface area contributed by atoms with E-state index in [0.717, 1.165) is 12.8 Å². The van der Waals surface area contributed by atoms with Gasteiger partial charge in [0.25, 0.3) is 0 Å². The summed E-state index contributed by atoms with van der Waals surface area (Å²) in [6, 6.07) is 4.37. The molecule has 2 bridgehead atoms. The van der Waals surface area contributed by atoms with Gasteiger partial charge in [0.05, 0.1) is 12.2 Å². The van der Waals surface area contributed by atoms with Gasteiger partial charge in [-0.1, -0.05) is 0 Å². The molecular formula is C21H28FNO4. The smallest absolute Gasteiger partial charge is 0.410 e. The summed E-state index contributed by atoms with van der Waals surface area (Å²) in [5.74, 6) is -0.579. The third-order valence-electron chi connectivity index (χ3n) is 5.23. The van der Waals surface area contributed by atoms with Crippen molar-refractivity contribution in [2.24, 2.45) is 5.92 Å². The lowest BCUT2D eigenvalue weighted by Crippen LogP contribution is -2.49. The highest BCUT2D eigenvalue weighted by molar-refractivity contribution is 5.98. The molecule has 0 spiro atoms. The molecule has 148 valence electrons. The molecule has 0 radical (unpaired) electrons. The van der Waals surface area contributed by atoms with Crippen LogP contribution in [0, 0.1) is 11.7 Å². The Hall–Kier alpha value is -2.11. The molecule has 5 nitrogen and oxygen atoms in total. The van der Waals surface area contributed by atoms with Crippen LogP contribution in [-0.4, -0.2) is 41.1 Å². The fourth-order valence-corrected chi connectivity index (χ4v) is 4.18. The first-order chi connectivity index (χ1) is 12.7. The highest BCUT2D eigenvalue weighted by Gasteiger charge is 2.46. The molecule has 2 heterocycles. The Labute approximate surface area is 159 Å². The van der Waals surface area contributed by atoms with Crippen LogP contribution in [0.5, 0.6) is 5.75 Å². The molecule has 1 aromatic rings. The van der Waals surface area contributed by atoms with Crippen molar-refractivity contribution < 1.29 is 23.5 Å². The molecule has 1 amide bonds. The Morgan fingerprint density at radius 2 is 1.81 bits per heavy atom. The Kier molecular flexibility index (Phi) is 5.45. The summed E-state index contributed by atoms with van der Waals surface area (Å²) < 4.78 is 25.2. The Morgan fingerprint density at radius 1 is 1.19 bits per heavy atom. The molecule has 2 atom stereocenters. The Morgan fingerprint density at radius 3 is 2.33 bits per heavy atom. The third-order valence-corrected chi connectivity index (χ3v) is 5.23. The van der Waals surface area contributed by atoms with Gasteiger partial charge in [0.1, 0.15) is 17.2 Å². The number of fused-ring (bicyclic) bond motifs is 2. The van der Waals surface area contributed by atoms with Gasteiger partial charge in [-0.15, -0.1) is 0 Å². The number of hydrogen-bond acceptors (Lipinski definition) is 4. The molecular weight excluding hydrogens is 349 g/mol. The van der Waals surface area contributed by atoms with Crippen molar-refractivity contribution in [1.29, 1.82) is 0 Å². The molecule has 2 aliphatic heterocycles. The number of carbonyl (C=O) groups excluding carboxylic acids is 2. The van der Waals surface area contributed by atoms with Gasteiger partial charge in [0.2, 0.25) is 0 Å². The Bertz CT molecular complexity index is 713. The van der Waals surface area contributed by atoms with E-state index in [0.29, 0.717) is 25.2 Å². The van der Waals surface area contributed by atoms with Crippen molar-refractivity contribution in [1.82, 2.24) is 4.90 Å².